The molecule has 0 saturated carbocycles. The van der Waals surface area contributed by atoms with Crippen LogP contribution < -0.4 is 4.90 Å². The van der Waals surface area contributed by atoms with Gasteiger partial charge in [0.05, 0.1) is 6.54 Å². The van der Waals surface area contributed by atoms with Gasteiger partial charge in [-0.1, -0.05) is 72.8 Å². The summed E-state index contributed by atoms with van der Waals surface area (Å²) in [5, 5.41) is 0. The Morgan fingerprint density at radius 2 is 1.31 bits per heavy atom. The molecular weight excluding hydrogens is 398 g/mol. The maximum atomic E-state index is 12.3. The highest BCUT2D eigenvalue weighted by Gasteiger charge is 2.32. The first-order valence-corrected chi connectivity index (χ1v) is 11.4. The number of carbonyl (C=O) groups excluding carboxylic acids is 1. The number of hydrogen-bond acceptors (Lipinski definition) is 4. The van der Waals surface area contributed by atoms with Crippen molar-refractivity contribution in [2.45, 2.75) is 19.2 Å². The lowest BCUT2D eigenvalue weighted by molar-refractivity contribution is 0.132. The van der Waals surface area contributed by atoms with Crippen LogP contribution in [0.2, 0.25) is 0 Å². The molecule has 1 amide bonds. The van der Waals surface area contributed by atoms with E-state index in [1.165, 1.54) is 11.3 Å². The monoisotopic (exact) mass is 427 g/mol. The first-order chi connectivity index (χ1) is 15.7. The zero-order valence-corrected chi connectivity index (χ0v) is 18.3. The first-order valence-electron chi connectivity index (χ1n) is 11.4. The van der Waals surface area contributed by atoms with Crippen LogP contribution in [0.3, 0.4) is 0 Å². The number of nitrogens with zero attached hydrogens (tertiary/aromatic N) is 3. The van der Waals surface area contributed by atoms with Crippen molar-refractivity contribution < 1.29 is 9.53 Å². The van der Waals surface area contributed by atoms with Crippen LogP contribution in [-0.4, -0.2) is 48.6 Å². The summed E-state index contributed by atoms with van der Waals surface area (Å²) < 4.78 is 5.57. The summed E-state index contributed by atoms with van der Waals surface area (Å²) in [6.45, 7) is 6.39. The lowest BCUT2D eigenvalue weighted by atomic mass is 10.1. The van der Waals surface area contributed by atoms with E-state index in [2.05, 4.69) is 64.4 Å². The smallest absolute Gasteiger partial charge is 0.410 e. The molecule has 2 aliphatic rings. The Balaban J connectivity index is 1.12. The van der Waals surface area contributed by atoms with Crippen molar-refractivity contribution in [1.29, 1.82) is 0 Å². The molecule has 0 aromatic heterocycles. The third-order valence-corrected chi connectivity index (χ3v) is 6.36. The van der Waals surface area contributed by atoms with Crippen LogP contribution >= 0.6 is 0 Å². The largest absolute Gasteiger partial charge is 0.439 e. The number of benzene rings is 3. The molecule has 2 fully saturated rings. The number of para-hydroxylation sites is 1. The highest BCUT2D eigenvalue weighted by Crippen LogP contribution is 2.27. The summed E-state index contributed by atoms with van der Waals surface area (Å²) in [5.74, 6) is 0. The van der Waals surface area contributed by atoms with Crippen LogP contribution in [0.5, 0.6) is 0 Å². The molecule has 0 aliphatic carbocycles. The summed E-state index contributed by atoms with van der Waals surface area (Å²) in [5.41, 5.74) is 4.80. The zero-order chi connectivity index (χ0) is 21.8. The van der Waals surface area contributed by atoms with Gasteiger partial charge in [0, 0.05) is 45.0 Å². The van der Waals surface area contributed by atoms with Crippen LogP contribution in [0.15, 0.2) is 84.9 Å². The summed E-state index contributed by atoms with van der Waals surface area (Å²) in [7, 11) is 0. The first kappa shape index (κ1) is 20.6. The molecule has 32 heavy (non-hydrogen) atoms. The normalized spacial score (nSPS) is 19.2. The Morgan fingerprint density at radius 1 is 0.719 bits per heavy atom. The molecule has 0 N–H and O–H groups in total. The van der Waals surface area contributed by atoms with E-state index in [-0.39, 0.29) is 12.2 Å². The quantitative estimate of drug-likeness (QED) is 0.571. The van der Waals surface area contributed by atoms with Crippen molar-refractivity contribution >= 4 is 11.8 Å². The Bertz CT molecular complexity index is 1020. The van der Waals surface area contributed by atoms with Crippen molar-refractivity contribution in [2.24, 2.45) is 0 Å². The topological polar surface area (TPSA) is 36.0 Å². The van der Waals surface area contributed by atoms with E-state index in [0.29, 0.717) is 13.1 Å². The fourth-order valence-corrected chi connectivity index (χ4v) is 4.51. The van der Waals surface area contributed by atoms with Gasteiger partial charge in [0.15, 0.2) is 0 Å². The Morgan fingerprint density at radius 3 is 1.97 bits per heavy atom. The van der Waals surface area contributed by atoms with Gasteiger partial charge >= 0.3 is 6.09 Å². The fraction of sp³-hybridized carbons (Fsp3) is 0.296. The van der Waals surface area contributed by atoms with E-state index >= 15 is 0 Å². The second-order valence-electron chi connectivity index (χ2n) is 8.58. The van der Waals surface area contributed by atoms with Crippen molar-refractivity contribution in [3.05, 3.63) is 102 Å². The van der Waals surface area contributed by atoms with Crippen molar-refractivity contribution in [3.8, 4) is 0 Å². The van der Waals surface area contributed by atoms with Gasteiger partial charge in [0.1, 0.15) is 6.10 Å². The Kier molecular flexibility index (Phi) is 6.08. The molecule has 5 nitrogen and oxygen atoms in total. The molecule has 1 unspecified atom stereocenters. The molecule has 3 aromatic carbocycles. The lowest BCUT2D eigenvalue weighted by Gasteiger charge is -2.36. The molecule has 0 spiro atoms. The molecular formula is C27H29N3O2. The predicted molar refractivity (Wildman–Crippen MR) is 126 cm³/mol. The number of amides is 1. The molecule has 164 valence electrons. The maximum absolute atomic E-state index is 12.3. The Hall–Kier alpha value is -3.31. The summed E-state index contributed by atoms with van der Waals surface area (Å²) in [4.78, 5) is 19.1. The van der Waals surface area contributed by atoms with E-state index in [4.69, 9.17) is 4.74 Å². The Labute approximate surface area is 189 Å². The van der Waals surface area contributed by atoms with E-state index in [1.54, 1.807) is 4.90 Å². The minimum atomic E-state index is -0.237. The molecule has 2 heterocycles. The highest BCUT2D eigenvalue weighted by atomic mass is 16.6. The average molecular weight is 428 g/mol. The summed E-state index contributed by atoms with van der Waals surface area (Å²) in [6.07, 6.45) is -0.420. The minimum Gasteiger partial charge on any atom is -0.439 e. The molecule has 1 atom stereocenters. The number of cyclic esters (lactones) is 1. The zero-order valence-electron chi connectivity index (χ0n) is 18.3. The van der Waals surface area contributed by atoms with Gasteiger partial charge in [-0.15, -0.1) is 0 Å². The molecule has 0 bridgehead atoms. The number of ether oxygens (including phenoxy) is 1. The predicted octanol–water partition coefficient (Wildman–Crippen LogP) is 4.70. The van der Waals surface area contributed by atoms with Crippen LogP contribution in [0.1, 0.15) is 22.8 Å². The molecule has 3 aromatic rings. The number of rotatable bonds is 6. The van der Waals surface area contributed by atoms with Gasteiger partial charge in [-0.3, -0.25) is 9.80 Å². The standard InChI is InChI=1S/C27H29N3O2/c31-27-30(21-26(32-27)24-7-3-1-4-8-24)20-23-13-11-22(12-14-23)19-28-15-17-29(18-16-28)25-9-5-2-6-10-25/h1-14,26H,15-21H2. The average Bonchev–Trinajstić information content (AvgIpc) is 3.22. The van der Waals surface area contributed by atoms with Crippen LogP contribution in [0, 0.1) is 0 Å². The van der Waals surface area contributed by atoms with Gasteiger partial charge in [-0.25, -0.2) is 4.79 Å². The maximum Gasteiger partial charge on any atom is 0.410 e. The van der Waals surface area contributed by atoms with Gasteiger partial charge in [0.2, 0.25) is 0 Å². The number of hydrogen-bond donors (Lipinski definition) is 0. The number of anilines is 1. The number of carbonyl (C=O) groups is 1. The van der Waals surface area contributed by atoms with Crippen molar-refractivity contribution in [1.82, 2.24) is 9.80 Å². The molecule has 2 aliphatic heterocycles. The van der Waals surface area contributed by atoms with Crippen LogP contribution in [0.25, 0.3) is 0 Å². The van der Waals surface area contributed by atoms with Crippen molar-refractivity contribution in [2.75, 3.05) is 37.6 Å². The summed E-state index contributed by atoms with van der Waals surface area (Å²) >= 11 is 0. The lowest BCUT2D eigenvalue weighted by Crippen LogP contribution is -2.45. The van der Waals surface area contributed by atoms with E-state index in [1.807, 2.05) is 30.3 Å². The fourth-order valence-electron chi connectivity index (χ4n) is 4.51. The van der Waals surface area contributed by atoms with Crippen LogP contribution in [-0.2, 0) is 17.8 Å². The summed E-state index contributed by atoms with van der Waals surface area (Å²) in [6, 6.07) is 29.3. The van der Waals surface area contributed by atoms with Gasteiger partial charge < -0.3 is 9.64 Å². The third kappa shape index (κ3) is 4.78. The molecule has 5 heteroatoms. The van der Waals surface area contributed by atoms with Gasteiger partial charge in [-0.2, -0.15) is 0 Å². The SMILES string of the molecule is O=C1OC(c2ccccc2)CN1Cc1ccc(CN2CCN(c3ccccc3)CC2)cc1. The minimum absolute atomic E-state index is 0.183. The molecule has 2 saturated heterocycles. The van der Waals surface area contributed by atoms with Gasteiger partial charge in [-0.05, 0) is 28.8 Å². The van der Waals surface area contributed by atoms with Crippen molar-refractivity contribution in [3.63, 3.8) is 0 Å². The second-order valence-corrected chi connectivity index (χ2v) is 8.58. The second kappa shape index (κ2) is 9.45. The molecule has 5 rings (SSSR count). The van der Waals surface area contributed by atoms with E-state index in [0.717, 1.165) is 43.9 Å². The van der Waals surface area contributed by atoms with Crippen LogP contribution in [0.4, 0.5) is 10.5 Å². The van der Waals surface area contributed by atoms with E-state index < -0.39 is 0 Å². The van der Waals surface area contributed by atoms with Gasteiger partial charge in [0.25, 0.3) is 0 Å². The third-order valence-electron chi connectivity index (χ3n) is 6.36. The molecule has 0 radical (unpaired) electrons. The highest BCUT2D eigenvalue weighted by molar-refractivity contribution is 5.70. The number of piperazine rings is 1. The van der Waals surface area contributed by atoms with E-state index in [9.17, 15) is 4.79 Å².